The number of amides is 3. The molecule has 7 heteroatoms. The highest BCUT2D eigenvalue weighted by Gasteiger charge is 2.28. The molecular formula is C21H18N2O4S. The zero-order chi connectivity index (χ0) is 19.9. The molecule has 0 saturated heterocycles. The first-order valence-corrected chi connectivity index (χ1v) is 9.39. The number of urea groups is 1. The Balaban J connectivity index is 1.87. The van der Waals surface area contributed by atoms with Gasteiger partial charge in [0.05, 0.1) is 0 Å². The van der Waals surface area contributed by atoms with E-state index in [-0.39, 0.29) is 0 Å². The van der Waals surface area contributed by atoms with Crippen LogP contribution in [0.2, 0.25) is 0 Å². The van der Waals surface area contributed by atoms with Crippen LogP contribution in [-0.2, 0) is 9.53 Å². The first-order chi connectivity index (χ1) is 13.6. The molecule has 3 aromatic rings. The summed E-state index contributed by atoms with van der Waals surface area (Å²) in [5.74, 6) is -1.36. The highest BCUT2D eigenvalue weighted by atomic mass is 32.1. The number of carbonyl (C=O) groups is 3. The van der Waals surface area contributed by atoms with Gasteiger partial charge in [-0.1, -0.05) is 60.7 Å². The van der Waals surface area contributed by atoms with Crippen molar-refractivity contribution in [2.45, 2.75) is 6.10 Å². The summed E-state index contributed by atoms with van der Waals surface area (Å²) in [7, 11) is 1.39. The molecule has 1 aromatic heterocycles. The molecule has 0 saturated carbocycles. The highest BCUT2D eigenvalue weighted by molar-refractivity contribution is 7.12. The van der Waals surface area contributed by atoms with Gasteiger partial charge in [0.25, 0.3) is 5.91 Å². The number of thiophene rings is 1. The van der Waals surface area contributed by atoms with Crippen LogP contribution in [0.15, 0.2) is 72.1 Å². The monoisotopic (exact) mass is 394 g/mol. The van der Waals surface area contributed by atoms with Gasteiger partial charge in [-0.3, -0.25) is 10.1 Å². The average molecular weight is 394 g/mol. The molecule has 2 N–H and O–H groups in total. The van der Waals surface area contributed by atoms with Crippen molar-refractivity contribution in [3.8, 4) is 11.1 Å². The zero-order valence-corrected chi connectivity index (χ0v) is 15.9. The van der Waals surface area contributed by atoms with E-state index in [0.717, 1.165) is 11.1 Å². The van der Waals surface area contributed by atoms with Crippen molar-refractivity contribution in [2.75, 3.05) is 7.05 Å². The van der Waals surface area contributed by atoms with Gasteiger partial charge in [-0.05, 0) is 17.0 Å². The Labute approximate surface area is 166 Å². The number of benzene rings is 2. The van der Waals surface area contributed by atoms with E-state index in [1.54, 1.807) is 35.7 Å². The normalized spacial score (nSPS) is 11.3. The summed E-state index contributed by atoms with van der Waals surface area (Å²) in [6, 6.07) is 19.2. The standard InChI is InChI=1S/C21H18N2O4S/c1-22-21(26)23-19(24)17(15-10-6-3-7-11-15)27-20(25)18-16(12-13-28-18)14-8-4-2-5-9-14/h2-13,17H,1H3,(H2,22,23,24,26)/t17-/m0/s1. The van der Waals surface area contributed by atoms with Crippen LogP contribution in [0.5, 0.6) is 0 Å². The van der Waals surface area contributed by atoms with E-state index >= 15 is 0 Å². The van der Waals surface area contributed by atoms with Gasteiger partial charge in [0, 0.05) is 18.2 Å². The molecule has 0 unspecified atom stereocenters. The summed E-state index contributed by atoms with van der Waals surface area (Å²) in [5, 5.41) is 6.26. The molecule has 3 rings (SSSR count). The van der Waals surface area contributed by atoms with Crippen LogP contribution < -0.4 is 10.6 Å². The quantitative estimate of drug-likeness (QED) is 0.645. The van der Waals surface area contributed by atoms with E-state index in [4.69, 9.17) is 4.74 Å². The second-order valence-electron chi connectivity index (χ2n) is 5.79. The van der Waals surface area contributed by atoms with E-state index in [0.29, 0.717) is 10.4 Å². The molecule has 6 nitrogen and oxygen atoms in total. The summed E-state index contributed by atoms with van der Waals surface area (Å²) in [4.78, 5) is 37.3. The summed E-state index contributed by atoms with van der Waals surface area (Å²) >= 11 is 1.23. The van der Waals surface area contributed by atoms with E-state index in [9.17, 15) is 14.4 Å². The lowest BCUT2D eigenvalue weighted by molar-refractivity contribution is -0.129. The predicted octanol–water partition coefficient (Wildman–Crippen LogP) is 3.77. The number of rotatable bonds is 5. The van der Waals surface area contributed by atoms with Crippen LogP contribution in [0.1, 0.15) is 21.3 Å². The largest absolute Gasteiger partial charge is 0.443 e. The minimum absolute atomic E-state index is 0.389. The Morgan fingerprint density at radius 3 is 2.21 bits per heavy atom. The number of hydrogen-bond donors (Lipinski definition) is 2. The molecule has 28 heavy (non-hydrogen) atoms. The number of nitrogens with one attached hydrogen (secondary N) is 2. The first kappa shape index (κ1) is 19.3. The molecule has 1 atom stereocenters. The van der Waals surface area contributed by atoms with Gasteiger partial charge in [-0.15, -0.1) is 11.3 Å². The van der Waals surface area contributed by atoms with Gasteiger partial charge < -0.3 is 10.1 Å². The number of esters is 1. The summed E-state index contributed by atoms with van der Waals surface area (Å²) in [5.41, 5.74) is 2.07. The molecule has 142 valence electrons. The Bertz CT molecular complexity index is 970. The molecule has 0 aliphatic heterocycles. The van der Waals surface area contributed by atoms with Crippen molar-refractivity contribution in [1.29, 1.82) is 0 Å². The number of ether oxygens (including phenoxy) is 1. The minimum Gasteiger partial charge on any atom is -0.443 e. The Morgan fingerprint density at radius 1 is 0.929 bits per heavy atom. The fourth-order valence-corrected chi connectivity index (χ4v) is 3.41. The Hall–Kier alpha value is -3.45. The molecule has 2 aromatic carbocycles. The van der Waals surface area contributed by atoms with Gasteiger partial charge in [0.15, 0.2) is 0 Å². The molecule has 0 spiro atoms. The third-order valence-corrected chi connectivity index (χ3v) is 4.86. The lowest BCUT2D eigenvalue weighted by atomic mass is 10.1. The van der Waals surface area contributed by atoms with E-state index in [2.05, 4.69) is 10.6 Å². The fraction of sp³-hybridized carbons (Fsp3) is 0.0952. The van der Waals surface area contributed by atoms with Crippen LogP contribution in [-0.4, -0.2) is 25.0 Å². The van der Waals surface area contributed by atoms with E-state index < -0.39 is 24.0 Å². The molecule has 3 amide bonds. The smallest absolute Gasteiger partial charge is 0.350 e. The van der Waals surface area contributed by atoms with Gasteiger partial charge in [-0.25, -0.2) is 9.59 Å². The maximum absolute atomic E-state index is 12.9. The van der Waals surface area contributed by atoms with Crippen LogP contribution in [0.25, 0.3) is 11.1 Å². The van der Waals surface area contributed by atoms with Gasteiger partial charge in [0.2, 0.25) is 6.10 Å². The van der Waals surface area contributed by atoms with E-state index in [1.807, 2.05) is 36.4 Å². The summed E-state index contributed by atoms with van der Waals surface area (Å²) in [6.07, 6.45) is -1.25. The molecular weight excluding hydrogens is 376 g/mol. The maximum Gasteiger partial charge on any atom is 0.350 e. The van der Waals surface area contributed by atoms with Gasteiger partial charge in [-0.2, -0.15) is 0 Å². The second kappa shape index (κ2) is 8.96. The van der Waals surface area contributed by atoms with Crippen LogP contribution in [0, 0.1) is 0 Å². The molecule has 0 bridgehead atoms. The molecule has 0 aliphatic carbocycles. The van der Waals surface area contributed by atoms with Gasteiger partial charge in [0.1, 0.15) is 4.88 Å². The third kappa shape index (κ3) is 4.44. The van der Waals surface area contributed by atoms with Crippen molar-refractivity contribution < 1.29 is 19.1 Å². The number of hydrogen-bond acceptors (Lipinski definition) is 5. The average Bonchev–Trinajstić information content (AvgIpc) is 3.23. The van der Waals surface area contributed by atoms with Crippen molar-refractivity contribution in [3.05, 3.63) is 82.6 Å². The lowest BCUT2D eigenvalue weighted by Gasteiger charge is -2.17. The fourth-order valence-electron chi connectivity index (χ4n) is 2.61. The predicted molar refractivity (Wildman–Crippen MR) is 107 cm³/mol. The van der Waals surface area contributed by atoms with E-state index in [1.165, 1.54) is 18.4 Å². The minimum atomic E-state index is -1.25. The van der Waals surface area contributed by atoms with Crippen molar-refractivity contribution in [2.24, 2.45) is 0 Å². The van der Waals surface area contributed by atoms with Crippen molar-refractivity contribution in [1.82, 2.24) is 10.6 Å². The third-order valence-electron chi connectivity index (χ3n) is 3.96. The van der Waals surface area contributed by atoms with Crippen LogP contribution >= 0.6 is 11.3 Å². The Morgan fingerprint density at radius 2 is 1.57 bits per heavy atom. The summed E-state index contributed by atoms with van der Waals surface area (Å²) in [6.45, 7) is 0. The second-order valence-corrected chi connectivity index (χ2v) is 6.71. The van der Waals surface area contributed by atoms with Crippen molar-refractivity contribution in [3.63, 3.8) is 0 Å². The topological polar surface area (TPSA) is 84.5 Å². The number of imide groups is 1. The summed E-state index contributed by atoms with van der Waals surface area (Å²) < 4.78 is 5.53. The van der Waals surface area contributed by atoms with Crippen LogP contribution in [0.3, 0.4) is 0 Å². The lowest BCUT2D eigenvalue weighted by Crippen LogP contribution is -2.41. The van der Waals surface area contributed by atoms with Crippen LogP contribution in [0.4, 0.5) is 4.79 Å². The first-order valence-electron chi connectivity index (χ1n) is 8.51. The molecule has 0 radical (unpaired) electrons. The van der Waals surface area contributed by atoms with Crippen molar-refractivity contribution >= 4 is 29.2 Å². The molecule has 1 heterocycles. The SMILES string of the molecule is CNC(=O)NC(=O)[C@@H](OC(=O)c1sccc1-c1ccccc1)c1ccccc1. The molecule has 0 aliphatic rings. The molecule has 0 fully saturated rings. The highest BCUT2D eigenvalue weighted by Crippen LogP contribution is 2.30. The number of carbonyl (C=O) groups excluding carboxylic acids is 3. The zero-order valence-electron chi connectivity index (χ0n) is 15.0. The van der Waals surface area contributed by atoms with Gasteiger partial charge >= 0.3 is 12.0 Å². The maximum atomic E-state index is 12.9. The Kier molecular flexibility index (Phi) is 6.18.